The predicted octanol–water partition coefficient (Wildman–Crippen LogP) is 7.43. The van der Waals surface area contributed by atoms with Gasteiger partial charge >= 0.3 is 0 Å². The van der Waals surface area contributed by atoms with Crippen LogP contribution in [0.2, 0.25) is 0 Å². The molecule has 4 rings (SSSR count). The lowest BCUT2D eigenvalue weighted by atomic mass is 10.1. The molecule has 0 aliphatic heterocycles. The molecule has 2 heteroatoms. The first kappa shape index (κ1) is 15.5. The van der Waals surface area contributed by atoms with Crippen LogP contribution in [0.3, 0.4) is 0 Å². The highest BCUT2D eigenvalue weighted by atomic mass is 79.9. The van der Waals surface area contributed by atoms with Gasteiger partial charge in [-0.2, -0.15) is 0 Å². The number of halogens is 1. The van der Waals surface area contributed by atoms with Crippen molar-refractivity contribution < 1.29 is 0 Å². The summed E-state index contributed by atoms with van der Waals surface area (Å²) in [6.07, 6.45) is 0. The van der Waals surface area contributed by atoms with E-state index in [2.05, 4.69) is 118 Å². The molecule has 0 amide bonds. The van der Waals surface area contributed by atoms with Crippen LogP contribution >= 0.6 is 23.3 Å². The minimum Gasteiger partial charge on any atom is -0.101 e. The Labute approximate surface area is 151 Å². The van der Waals surface area contributed by atoms with Gasteiger partial charge in [0.25, 0.3) is 0 Å². The van der Waals surface area contributed by atoms with Crippen molar-refractivity contribution in [3.8, 4) is 0 Å². The van der Waals surface area contributed by atoms with Gasteiger partial charge in [-0.15, -0.1) is 8.46 Å². The van der Waals surface area contributed by atoms with Crippen LogP contribution in [0.15, 0.2) is 118 Å². The molecule has 0 fully saturated rings. The molecule has 0 spiro atoms. The number of hydrogen-bond donors (Lipinski definition) is 0. The zero-order valence-electron chi connectivity index (χ0n) is 13.1. The van der Waals surface area contributed by atoms with Gasteiger partial charge in [0.15, 0.2) is 0 Å². The number of hydrogen-bond acceptors (Lipinski definition) is 0. The van der Waals surface area contributed by atoms with E-state index in [4.69, 9.17) is 0 Å². The summed E-state index contributed by atoms with van der Waals surface area (Å²) >= 11 is 4.21. The Morgan fingerprint density at radius 2 is 1.00 bits per heavy atom. The monoisotopic (exact) mass is 392 g/mol. The molecule has 0 bridgehead atoms. The predicted molar refractivity (Wildman–Crippen MR) is 108 cm³/mol. The second-order valence-corrected chi connectivity index (χ2v) is 11.0. The van der Waals surface area contributed by atoms with Crippen molar-refractivity contribution in [1.29, 1.82) is 0 Å². The van der Waals surface area contributed by atoms with Crippen LogP contribution in [-0.4, -0.2) is 0 Å². The van der Waals surface area contributed by atoms with Crippen molar-refractivity contribution in [3.63, 3.8) is 0 Å². The molecule has 24 heavy (non-hydrogen) atoms. The van der Waals surface area contributed by atoms with E-state index in [1.807, 2.05) is 0 Å². The maximum atomic E-state index is 4.21. The lowest BCUT2D eigenvalue weighted by Gasteiger charge is -2.35. The summed E-state index contributed by atoms with van der Waals surface area (Å²) in [6, 6.07) is 36.7. The van der Waals surface area contributed by atoms with Gasteiger partial charge in [-0.25, -0.2) is 0 Å². The maximum absolute atomic E-state index is 4.21. The van der Waals surface area contributed by atoms with Gasteiger partial charge in [-0.3, -0.25) is 0 Å². The zero-order valence-corrected chi connectivity index (χ0v) is 15.5. The van der Waals surface area contributed by atoms with E-state index in [0.717, 1.165) is 0 Å². The van der Waals surface area contributed by atoms with E-state index in [0.29, 0.717) is 0 Å². The SMILES string of the molecule is BrS(c1ccccc1)(c1ccccc1)c1cccc2ccccc12. The highest BCUT2D eigenvalue weighted by Gasteiger charge is 2.29. The van der Waals surface area contributed by atoms with E-state index in [1.54, 1.807) is 0 Å². The van der Waals surface area contributed by atoms with Crippen molar-refractivity contribution in [1.82, 2.24) is 0 Å². The smallest absolute Gasteiger partial charge is 0.0157 e. The van der Waals surface area contributed by atoms with Gasteiger partial charge in [0, 0.05) is 14.7 Å². The van der Waals surface area contributed by atoms with Gasteiger partial charge in [0.2, 0.25) is 0 Å². The van der Waals surface area contributed by atoms with E-state index in [1.165, 1.54) is 25.5 Å². The minimum absolute atomic E-state index is 1.28. The first-order chi connectivity index (χ1) is 11.8. The van der Waals surface area contributed by atoms with Crippen molar-refractivity contribution >= 4 is 34.0 Å². The van der Waals surface area contributed by atoms with Gasteiger partial charge in [0.05, 0.1) is 0 Å². The van der Waals surface area contributed by atoms with Crippen LogP contribution in [0.4, 0.5) is 0 Å². The fourth-order valence-corrected chi connectivity index (χ4v) is 7.79. The fourth-order valence-electron chi connectivity index (χ4n) is 3.05. The molecule has 0 aromatic heterocycles. The van der Waals surface area contributed by atoms with Crippen LogP contribution < -0.4 is 0 Å². The third-order valence-electron chi connectivity index (χ3n) is 4.19. The van der Waals surface area contributed by atoms with Crippen LogP contribution in [0.25, 0.3) is 10.8 Å². The van der Waals surface area contributed by atoms with Crippen LogP contribution in [0, 0.1) is 0 Å². The first-order valence-electron chi connectivity index (χ1n) is 7.91. The van der Waals surface area contributed by atoms with Crippen molar-refractivity contribution in [2.45, 2.75) is 14.7 Å². The lowest BCUT2D eigenvalue weighted by molar-refractivity contribution is 1.34. The summed E-state index contributed by atoms with van der Waals surface area (Å²) in [5, 5.41) is 2.58. The molecule has 4 aromatic rings. The standard InChI is InChI=1S/C22H17BrS/c23-24(19-12-3-1-4-13-19,20-14-5-2-6-15-20)22-17-9-11-18-10-7-8-16-21(18)22/h1-17H. The van der Waals surface area contributed by atoms with Crippen LogP contribution in [-0.2, 0) is 0 Å². The summed E-state index contributed by atoms with van der Waals surface area (Å²) in [5.41, 5.74) is 0. The Morgan fingerprint density at radius 3 is 1.62 bits per heavy atom. The average Bonchev–Trinajstić information content (AvgIpc) is 2.68. The summed E-state index contributed by atoms with van der Waals surface area (Å²) in [5.74, 6) is 0. The Balaban J connectivity index is 2.07. The molecule has 0 radical (unpaired) electrons. The second kappa shape index (κ2) is 6.46. The Hall–Kier alpha value is -2.03. The Bertz CT molecular complexity index is 920. The molecule has 0 N–H and O–H groups in total. The third kappa shape index (κ3) is 2.56. The summed E-state index contributed by atoms with van der Waals surface area (Å²) in [6.45, 7) is 0. The molecule has 4 aromatic carbocycles. The first-order valence-corrected chi connectivity index (χ1v) is 11.4. The lowest BCUT2D eigenvalue weighted by Crippen LogP contribution is -1.97. The Kier molecular flexibility index (Phi) is 4.17. The van der Waals surface area contributed by atoms with Crippen LogP contribution in [0.1, 0.15) is 0 Å². The molecule has 0 saturated heterocycles. The van der Waals surface area contributed by atoms with Crippen molar-refractivity contribution in [3.05, 3.63) is 103 Å². The molecule has 118 valence electrons. The number of rotatable bonds is 3. The fraction of sp³-hybridized carbons (Fsp3) is 0. The number of benzene rings is 4. The third-order valence-corrected chi connectivity index (χ3v) is 10.3. The summed E-state index contributed by atoms with van der Waals surface area (Å²) in [7, 11) is -1.49. The van der Waals surface area contributed by atoms with Gasteiger partial charge < -0.3 is 0 Å². The van der Waals surface area contributed by atoms with Crippen molar-refractivity contribution in [2.24, 2.45) is 0 Å². The Morgan fingerprint density at radius 1 is 0.500 bits per heavy atom. The largest absolute Gasteiger partial charge is 0.101 e. The highest BCUT2D eigenvalue weighted by molar-refractivity contribution is 9.58. The highest BCUT2D eigenvalue weighted by Crippen LogP contribution is 2.74. The van der Waals surface area contributed by atoms with Gasteiger partial charge in [-0.1, -0.05) is 72.8 Å². The molecule has 0 aliphatic carbocycles. The maximum Gasteiger partial charge on any atom is 0.0157 e. The average molecular weight is 393 g/mol. The molecule has 0 aliphatic rings. The molecular weight excluding hydrogens is 376 g/mol. The van der Waals surface area contributed by atoms with E-state index in [-0.39, 0.29) is 0 Å². The molecule has 0 unspecified atom stereocenters. The van der Waals surface area contributed by atoms with E-state index in [9.17, 15) is 0 Å². The molecule has 0 atom stereocenters. The molecule has 0 saturated carbocycles. The van der Waals surface area contributed by atoms with E-state index < -0.39 is 8.46 Å². The molecular formula is C22H17BrS. The second-order valence-electron chi connectivity index (χ2n) is 5.64. The van der Waals surface area contributed by atoms with Gasteiger partial charge in [-0.05, 0) is 55.9 Å². The van der Waals surface area contributed by atoms with Gasteiger partial charge in [0.1, 0.15) is 0 Å². The van der Waals surface area contributed by atoms with Crippen molar-refractivity contribution in [2.75, 3.05) is 0 Å². The quantitative estimate of drug-likeness (QED) is 0.339. The molecule has 0 heterocycles. The van der Waals surface area contributed by atoms with E-state index >= 15 is 0 Å². The zero-order chi connectivity index (χ0) is 16.4. The summed E-state index contributed by atoms with van der Waals surface area (Å²) < 4.78 is 0. The molecule has 0 nitrogen and oxygen atoms in total. The number of fused-ring (bicyclic) bond motifs is 1. The van der Waals surface area contributed by atoms with Crippen LogP contribution in [0.5, 0.6) is 0 Å². The summed E-state index contributed by atoms with van der Waals surface area (Å²) in [4.78, 5) is 3.97. The minimum atomic E-state index is -1.49. The topological polar surface area (TPSA) is 0 Å². The normalized spacial score (nSPS) is 12.2.